The van der Waals surface area contributed by atoms with Gasteiger partial charge in [0.15, 0.2) is 0 Å². The Bertz CT molecular complexity index is 190. The lowest BCUT2D eigenvalue weighted by atomic mass is 9.83. The number of quaternary nitrogens is 1. The van der Waals surface area contributed by atoms with Gasteiger partial charge in [-0.1, -0.05) is 13.3 Å². The first-order chi connectivity index (χ1) is 6.76. The lowest BCUT2D eigenvalue weighted by molar-refractivity contribution is -0.946. The van der Waals surface area contributed by atoms with Crippen molar-refractivity contribution in [3.05, 3.63) is 0 Å². The zero-order valence-electron chi connectivity index (χ0n) is 9.79. The Morgan fingerprint density at radius 3 is 2.40 bits per heavy atom. The molecule has 3 heterocycles. The highest BCUT2D eigenvalue weighted by Gasteiger charge is 2.44. The molecule has 0 spiro atoms. The minimum absolute atomic E-state index is 0. The van der Waals surface area contributed by atoms with Crippen LogP contribution in [0.2, 0.25) is 0 Å². The van der Waals surface area contributed by atoms with Crippen LogP contribution in [-0.2, 0) is 0 Å². The summed E-state index contributed by atoms with van der Waals surface area (Å²) in [5, 5.41) is 9.91. The predicted octanol–water partition coefficient (Wildman–Crippen LogP) is -1.22. The first-order valence-electron chi connectivity index (χ1n) is 6.29. The number of hydrogen-bond acceptors (Lipinski definition) is 1. The summed E-state index contributed by atoms with van der Waals surface area (Å²) in [4.78, 5) is 0. The van der Waals surface area contributed by atoms with Gasteiger partial charge in [-0.25, -0.2) is 0 Å². The first kappa shape index (κ1) is 13.5. The number of hydrogen-bond donors (Lipinski definition) is 1. The number of unbranched alkanes of at least 4 members (excludes halogenated alkanes) is 2. The van der Waals surface area contributed by atoms with E-state index in [0.717, 1.165) is 6.54 Å². The number of halogens is 1. The minimum atomic E-state index is 0. The zero-order chi connectivity index (χ0) is 10.0. The van der Waals surface area contributed by atoms with Crippen LogP contribution in [0.4, 0.5) is 0 Å². The van der Waals surface area contributed by atoms with Crippen molar-refractivity contribution in [2.75, 3.05) is 26.2 Å². The van der Waals surface area contributed by atoms with Gasteiger partial charge in [0, 0.05) is 18.8 Å². The van der Waals surface area contributed by atoms with E-state index in [0.29, 0.717) is 5.92 Å². The Kier molecular flexibility index (Phi) is 5.07. The van der Waals surface area contributed by atoms with E-state index in [1.165, 1.54) is 56.2 Å². The largest absolute Gasteiger partial charge is 1.00 e. The number of fused-ring (bicyclic) bond motifs is 3. The maximum Gasteiger partial charge on any atom is 0.106 e. The molecule has 90 valence electrons. The Hall–Kier alpha value is 0.400. The van der Waals surface area contributed by atoms with Crippen molar-refractivity contribution >= 4 is 0 Å². The summed E-state index contributed by atoms with van der Waals surface area (Å²) in [5.74, 6) is 0.640. The third-order valence-electron chi connectivity index (χ3n) is 4.30. The number of nitrogens with zero attached hydrogens (tertiary/aromatic N) is 1. The summed E-state index contributed by atoms with van der Waals surface area (Å²) in [6.07, 6.45) is 6.58. The molecule has 0 aliphatic carbocycles. The summed E-state index contributed by atoms with van der Waals surface area (Å²) < 4.78 is 1.23. The Morgan fingerprint density at radius 2 is 1.87 bits per heavy atom. The lowest BCUT2D eigenvalue weighted by Crippen LogP contribution is -3.00. The molecule has 1 unspecified atom stereocenters. The fraction of sp³-hybridized carbons (Fsp3) is 1.00. The van der Waals surface area contributed by atoms with Gasteiger partial charge in [0.2, 0.25) is 0 Å². The molecule has 3 fully saturated rings. The molecule has 3 aliphatic rings. The maximum atomic E-state index is 9.91. The van der Waals surface area contributed by atoms with Crippen molar-refractivity contribution in [1.29, 1.82) is 0 Å². The second-order valence-electron chi connectivity index (χ2n) is 5.31. The molecule has 2 nitrogen and oxygen atoms in total. The summed E-state index contributed by atoms with van der Waals surface area (Å²) in [6.45, 7) is 7.31. The van der Waals surface area contributed by atoms with Gasteiger partial charge in [-0.05, 0) is 12.8 Å². The molecule has 0 aromatic carbocycles. The van der Waals surface area contributed by atoms with Gasteiger partial charge in [-0.15, -0.1) is 0 Å². The molecule has 3 heteroatoms. The van der Waals surface area contributed by atoms with Crippen LogP contribution in [0.15, 0.2) is 0 Å². The molecular formula is C12H24BrNO. The molecule has 1 atom stereocenters. The first-order valence-corrected chi connectivity index (χ1v) is 6.29. The Morgan fingerprint density at radius 1 is 1.20 bits per heavy atom. The van der Waals surface area contributed by atoms with E-state index in [2.05, 4.69) is 6.92 Å². The van der Waals surface area contributed by atoms with Crippen LogP contribution in [0.5, 0.6) is 0 Å². The van der Waals surface area contributed by atoms with Gasteiger partial charge in [-0.2, -0.15) is 0 Å². The molecule has 0 saturated carbocycles. The van der Waals surface area contributed by atoms with E-state index in [9.17, 15) is 5.11 Å². The van der Waals surface area contributed by atoms with Gasteiger partial charge >= 0.3 is 0 Å². The average molecular weight is 278 g/mol. The number of rotatable bonds is 4. The normalized spacial score (nSPS) is 38.8. The molecule has 1 N–H and O–H groups in total. The smallest absolute Gasteiger partial charge is 0.106 e. The van der Waals surface area contributed by atoms with Gasteiger partial charge in [0.25, 0.3) is 0 Å². The topological polar surface area (TPSA) is 20.2 Å². The number of aliphatic hydroxyl groups excluding tert-OH is 1. The van der Waals surface area contributed by atoms with E-state index in [4.69, 9.17) is 0 Å². The highest BCUT2D eigenvalue weighted by atomic mass is 79.9. The summed E-state index contributed by atoms with van der Waals surface area (Å²) in [5.41, 5.74) is 0. The van der Waals surface area contributed by atoms with E-state index in [1.807, 2.05) is 0 Å². The minimum Gasteiger partial charge on any atom is -1.00 e. The summed E-state index contributed by atoms with van der Waals surface area (Å²) in [7, 11) is 0. The quantitative estimate of drug-likeness (QED) is 0.505. The highest BCUT2D eigenvalue weighted by Crippen LogP contribution is 2.34. The van der Waals surface area contributed by atoms with Gasteiger partial charge in [0.1, 0.15) is 12.6 Å². The molecule has 2 bridgehead atoms. The molecule has 0 radical (unpaired) electrons. The summed E-state index contributed by atoms with van der Waals surface area (Å²) >= 11 is 0. The van der Waals surface area contributed by atoms with Crippen molar-refractivity contribution in [2.45, 2.75) is 45.1 Å². The predicted molar refractivity (Wildman–Crippen MR) is 58.0 cm³/mol. The Balaban J connectivity index is 0.00000112. The van der Waals surface area contributed by atoms with Crippen molar-refractivity contribution in [2.24, 2.45) is 5.92 Å². The fourth-order valence-electron chi connectivity index (χ4n) is 3.26. The zero-order valence-corrected chi connectivity index (χ0v) is 11.4. The molecular weight excluding hydrogens is 254 g/mol. The van der Waals surface area contributed by atoms with Crippen LogP contribution in [0.25, 0.3) is 0 Å². The highest BCUT2D eigenvalue weighted by molar-refractivity contribution is 4.79. The lowest BCUT2D eigenvalue weighted by Gasteiger charge is -2.51. The van der Waals surface area contributed by atoms with Gasteiger partial charge in [-0.3, -0.25) is 0 Å². The van der Waals surface area contributed by atoms with E-state index < -0.39 is 0 Å². The van der Waals surface area contributed by atoms with Crippen molar-refractivity contribution in [3.8, 4) is 0 Å². The average Bonchev–Trinajstić information content (AvgIpc) is 2.19. The Labute approximate surface area is 104 Å². The third kappa shape index (κ3) is 2.95. The van der Waals surface area contributed by atoms with Crippen molar-refractivity contribution in [1.82, 2.24) is 0 Å². The van der Waals surface area contributed by atoms with Crippen LogP contribution in [0.3, 0.4) is 0 Å². The molecule has 0 amide bonds. The van der Waals surface area contributed by atoms with Crippen LogP contribution in [0.1, 0.15) is 39.0 Å². The van der Waals surface area contributed by atoms with Crippen molar-refractivity contribution in [3.63, 3.8) is 0 Å². The van der Waals surface area contributed by atoms with Crippen molar-refractivity contribution < 1.29 is 26.6 Å². The van der Waals surface area contributed by atoms with Crippen LogP contribution in [0, 0.1) is 5.92 Å². The maximum absolute atomic E-state index is 9.91. The van der Waals surface area contributed by atoms with Crippen LogP contribution < -0.4 is 17.0 Å². The second kappa shape index (κ2) is 5.65. The molecule has 3 aliphatic heterocycles. The van der Waals surface area contributed by atoms with E-state index in [1.54, 1.807) is 0 Å². The van der Waals surface area contributed by atoms with Gasteiger partial charge in [0.05, 0.1) is 19.6 Å². The monoisotopic (exact) mass is 277 g/mol. The molecule has 3 saturated heterocycles. The van der Waals surface area contributed by atoms with Crippen LogP contribution >= 0.6 is 0 Å². The summed E-state index contributed by atoms with van der Waals surface area (Å²) in [6, 6.07) is 0. The number of piperidine rings is 3. The van der Waals surface area contributed by atoms with E-state index in [-0.39, 0.29) is 23.1 Å². The van der Waals surface area contributed by atoms with E-state index >= 15 is 0 Å². The number of aliphatic hydroxyl groups is 1. The molecule has 0 aromatic heterocycles. The molecule has 0 aromatic rings. The molecule has 15 heavy (non-hydrogen) atoms. The van der Waals surface area contributed by atoms with Crippen LogP contribution in [-0.4, -0.2) is 41.9 Å². The molecule has 3 rings (SSSR count). The standard InChI is InChI=1S/C12H24NO.BrH/c1-2-3-4-7-13-8-5-11(6-9-13)12(14)10-13;/h11-12,14H,2-10H2,1H3;1H/q+1;/p-1. The third-order valence-corrected chi connectivity index (χ3v) is 4.30. The van der Waals surface area contributed by atoms with Gasteiger partial charge < -0.3 is 26.6 Å². The SMILES string of the molecule is CCCCC[N+]12CCC(CC1)C(O)C2.[Br-]. The fourth-order valence-corrected chi connectivity index (χ4v) is 3.26. The second-order valence-corrected chi connectivity index (χ2v) is 5.31.